The minimum absolute atomic E-state index is 0.0763. The Morgan fingerprint density at radius 2 is 2.15 bits per heavy atom. The second kappa shape index (κ2) is 6.04. The van der Waals surface area contributed by atoms with Gasteiger partial charge in [0.1, 0.15) is 5.75 Å². The first-order valence-corrected chi connectivity index (χ1v) is 7.47. The fourth-order valence-corrected chi connectivity index (χ4v) is 2.84. The van der Waals surface area contributed by atoms with Crippen LogP contribution in [0.25, 0.3) is 0 Å². The molecular weight excluding hydrogens is 274 g/mol. The predicted molar refractivity (Wildman–Crippen MR) is 81.1 cm³/mol. The van der Waals surface area contributed by atoms with Crippen molar-refractivity contribution in [2.75, 3.05) is 0 Å². The van der Waals surface area contributed by atoms with Gasteiger partial charge in [-0.2, -0.15) is 0 Å². The van der Waals surface area contributed by atoms with Gasteiger partial charge in [0.2, 0.25) is 0 Å². The standard InChI is InChI=1S/C16H22ClNO2/c1-11(20-14-7-5-4-6-13(14)17)15(19)18-12-8-9-16(2,3)10-12/h4-7,11-12H,8-10H2,1-3H3,(H,18,19). The molecule has 2 rings (SSSR count). The topological polar surface area (TPSA) is 38.3 Å². The molecule has 0 bridgehead atoms. The number of amides is 1. The molecule has 1 aliphatic rings. The van der Waals surface area contributed by atoms with Crippen LogP contribution in [0.5, 0.6) is 5.75 Å². The summed E-state index contributed by atoms with van der Waals surface area (Å²) in [5.74, 6) is 0.469. The quantitative estimate of drug-likeness (QED) is 0.917. The number of benzene rings is 1. The molecule has 4 heteroatoms. The molecule has 1 saturated carbocycles. The van der Waals surface area contributed by atoms with Gasteiger partial charge in [-0.25, -0.2) is 0 Å². The first-order chi connectivity index (χ1) is 9.37. The van der Waals surface area contributed by atoms with Crippen molar-refractivity contribution in [1.82, 2.24) is 5.32 Å². The van der Waals surface area contributed by atoms with E-state index in [2.05, 4.69) is 19.2 Å². The van der Waals surface area contributed by atoms with Crippen LogP contribution in [0, 0.1) is 5.41 Å². The molecular formula is C16H22ClNO2. The normalized spacial score (nSPS) is 22.3. The van der Waals surface area contributed by atoms with Crippen molar-refractivity contribution >= 4 is 17.5 Å². The van der Waals surface area contributed by atoms with Crippen LogP contribution in [-0.4, -0.2) is 18.1 Å². The van der Waals surface area contributed by atoms with Crippen molar-refractivity contribution in [3.8, 4) is 5.75 Å². The molecule has 0 aromatic heterocycles. The van der Waals surface area contributed by atoms with Crippen LogP contribution in [0.15, 0.2) is 24.3 Å². The van der Waals surface area contributed by atoms with E-state index < -0.39 is 6.10 Å². The molecule has 0 aliphatic heterocycles. The monoisotopic (exact) mass is 295 g/mol. The Morgan fingerprint density at radius 1 is 1.45 bits per heavy atom. The highest BCUT2D eigenvalue weighted by atomic mass is 35.5. The summed E-state index contributed by atoms with van der Waals surface area (Å²) >= 11 is 6.02. The van der Waals surface area contributed by atoms with E-state index in [4.69, 9.17) is 16.3 Å². The Bertz CT molecular complexity index is 487. The number of carbonyl (C=O) groups is 1. The summed E-state index contributed by atoms with van der Waals surface area (Å²) in [6.45, 7) is 6.23. The first-order valence-electron chi connectivity index (χ1n) is 7.09. The van der Waals surface area contributed by atoms with Gasteiger partial charge in [-0.1, -0.05) is 37.6 Å². The van der Waals surface area contributed by atoms with Gasteiger partial charge in [-0.05, 0) is 43.7 Å². The molecule has 1 aromatic rings. The van der Waals surface area contributed by atoms with Crippen molar-refractivity contribution in [2.45, 2.75) is 52.2 Å². The van der Waals surface area contributed by atoms with Gasteiger partial charge in [0.15, 0.2) is 6.10 Å². The summed E-state index contributed by atoms with van der Waals surface area (Å²) in [5, 5.41) is 3.59. The van der Waals surface area contributed by atoms with Crippen molar-refractivity contribution in [3.63, 3.8) is 0 Å². The smallest absolute Gasteiger partial charge is 0.260 e. The maximum Gasteiger partial charge on any atom is 0.260 e. The molecule has 20 heavy (non-hydrogen) atoms. The van der Waals surface area contributed by atoms with Gasteiger partial charge in [0.25, 0.3) is 5.91 Å². The zero-order chi connectivity index (χ0) is 14.8. The van der Waals surface area contributed by atoms with Crippen molar-refractivity contribution in [2.24, 2.45) is 5.41 Å². The Labute approximate surface area is 125 Å². The maximum atomic E-state index is 12.1. The van der Waals surface area contributed by atoms with E-state index in [9.17, 15) is 4.79 Å². The largest absolute Gasteiger partial charge is 0.479 e. The third-order valence-electron chi connectivity index (χ3n) is 3.82. The molecule has 0 spiro atoms. The summed E-state index contributed by atoms with van der Waals surface area (Å²) in [6.07, 6.45) is 2.67. The van der Waals surface area contributed by atoms with Crippen LogP contribution >= 0.6 is 11.6 Å². The SMILES string of the molecule is CC(Oc1ccccc1Cl)C(=O)NC1CCC(C)(C)C1. The lowest BCUT2D eigenvalue weighted by molar-refractivity contribution is -0.128. The van der Waals surface area contributed by atoms with E-state index in [1.54, 1.807) is 19.1 Å². The summed E-state index contributed by atoms with van der Waals surface area (Å²) in [4.78, 5) is 12.1. The highest BCUT2D eigenvalue weighted by Gasteiger charge is 2.32. The average molecular weight is 296 g/mol. The zero-order valence-electron chi connectivity index (χ0n) is 12.3. The van der Waals surface area contributed by atoms with Crippen LogP contribution in [0.4, 0.5) is 0 Å². The van der Waals surface area contributed by atoms with Gasteiger partial charge in [-0.15, -0.1) is 0 Å². The minimum Gasteiger partial charge on any atom is -0.479 e. The molecule has 1 N–H and O–H groups in total. The van der Waals surface area contributed by atoms with Gasteiger partial charge in [0, 0.05) is 6.04 Å². The first kappa shape index (κ1) is 15.2. The fraction of sp³-hybridized carbons (Fsp3) is 0.562. The molecule has 0 saturated heterocycles. The van der Waals surface area contributed by atoms with Crippen LogP contribution in [0.3, 0.4) is 0 Å². The van der Waals surface area contributed by atoms with E-state index in [-0.39, 0.29) is 11.9 Å². The molecule has 0 radical (unpaired) electrons. The Balaban J connectivity index is 1.88. The van der Waals surface area contributed by atoms with Crippen molar-refractivity contribution in [3.05, 3.63) is 29.3 Å². The number of ether oxygens (including phenoxy) is 1. The molecule has 2 atom stereocenters. The number of nitrogens with one attached hydrogen (secondary N) is 1. The molecule has 3 nitrogen and oxygen atoms in total. The summed E-state index contributed by atoms with van der Waals surface area (Å²) < 4.78 is 5.63. The molecule has 1 aromatic carbocycles. The van der Waals surface area contributed by atoms with Crippen LogP contribution < -0.4 is 10.1 Å². The molecule has 2 unspecified atom stereocenters. The predicted octanol–water partition coefficient (Wildman–Crippen LogP) is 3.80. The summed E-state index contributed by atoms with van der Waals surface area (Å²) in [6, 6.07) is 7.45. The number of para-hydroxylation sites is 1. The third kappa shape index (κ3) is 3.89. The second-order valence-electron chi connectivity index (χ2n) is 6.30. The molecule has 110 valence electrons. The van der Waals surface area contributed by atoms with E-state index in [1.165, 1.54) is 0 Å². The zero-order valence-corrected chi connectivity index (χ0v) is 13.0. The number of halogens is 1. The van der Waals surface area contributed by atoms with Crippen LogP contribution in [0.2, 0.25) is 5.02 Å². The number of rotatable bonds is 4. The molecule has 1 aliphatic carbocycles. The Kier molecular flexibility index (Phi) is 4.59. The van der Waals surface area contributed by atoms with Gasteiger partial charge in [-0.3, -0.25) is 4.79 Å². The van der Waals surface area contributed by atoms with E-state index in [1.807, 2.05) is 12.1 Å². The maximum absolute atomic E-state index is 12.1. The summed E-state index contributed by atoms with van der Waals surface area (Å²) in [5.41, 5.74) is 0.324. The lowest BCUT2D eigenvalue weighted by atomic mass is 9.92. The minimum atomic E-state index is -0.543. The van der Waals surface area contributed by atoms with Gasteiger partial charge < -0.3 is 10.1 Å². The summed E-state index contributed by atoms with van der Waals surface area (Å²) in [7, 11) is 0. The molecule has 1 amide bonds. The van der Waals surface area contributed by atoms with Gasteiger partial charge >= 0.3 is 0 Å². The van der Waals surface area contributed by atoms with Crippen molar-refractivity contribution in [1.29, 1.82) is 0 Å². The van der Waals surface area contributed by atoms with Crippen LogP contribution in [0.1, 0.15) is 40.0 Å². The Morgan fingerprint density at radius 3 is 2.75 bits per heavy atom. The lowest BCUT2D eigenvalue weighted by Gasteiger charge is -2.20. The third-order valence-corrected chi connectivity index (χ3v) is 4.14. The highest BCUT2D eigenvalue weighted by molar-refractivity contribution is 6.32. The molecule has 1 fully saturated rings. The number of hydrogen-bond donors (Lipinski definition) is 1. The number of hydrogen-bond acceptors (Lipinski definition) is 2. The average Bonchev–Trinajstić information content (AvgIpc) is 2.71. The van der Waals surface area contributed by atoms with Crippen LogP contribution in [-0.2, 0) is 4.79 Å². The second-order valence-corrected chi connectivity index (χ2v) is 6.71. The lowest BCUT2D eigenvalue weighted by Crippen LogP contribution is -2.41. The number of carbonyl (C=O) groups excluding carboxylic acids is 1. The van der Waals surface area contributed by atoms with E-state index in [0.717, 1.165) is 19.3 Å². The Hall–Kier alpha value is -1.22. The van der Waals surface area contributed by atoms with E-state index >= 15 is 0 Å². The fourth-order valence-electron chi connectivity index (χ4n) is 2.66. The highest BCUT2D eigenvalue weighted by Crippen LogP contribution is 2.37. The van der Waals surface area contributed by atoms with Crippen molar-refractivity contribution < 1.29 is 9.53 Å². The molecule has 0 heterocycles. The van der Waals surface area contributed by atoms with Gasteiger partial charge in [0.05, 0.1) is 5.02 Å². The van der Waals surface area contributed by atoms with E-state index in [0.29, 0.717) is 16.2 Å².